The fourth-order valence-electron chi connectivity index (χ4n) is 4.69. The van der Waals surface area contributed by atoms with Crippen molar-refractivity contribution in [1.29, 1.82) is 0 Å². The maximum atomic E-state index is 13.1. The first kappa shape index (κ1) is 19.1. The van der Waals surface area contributed by atoms with Gasteiger partial charge in [0.05, 0.1) is 0 Å². The van der Waals surface area contributed by atoms with Gasteiger partial charge in [-0.2, -0.15) is 0 Å². The Balaban J connectivity index is 1.34. The predicted octanol–water partition coefficient (Wildman–Crippen LogP) is 5.56. The Morgan fingerprint density at radius 1 is 0.833 bits per heavy atom. The van der Waals surface area contributed by atoms with E-state index in [-0.39, 0.29) is 5.91 Å². The van der Waals surface area contributed by atoms with Gasteiger partial charge in [0.15, 0.2) is 0 Å². The molecule has 3 aromatic rings. The highest BCUT2D eigenvalue weighted by molar-refractivity contribution is 6.08. The molecule has 0 radical (unpaired) electrons. The van der Waals surface area contributed by atoms with Gasteiger partial charge in [-0.25, -0.2) is 0 Å². The maximum absolute atomic E-state index is 13.1. The lowest BCUT2D eigenvalue weighted by atomic mass is 9.91. The molecular formula is C27H28N2O. The third-order valence-electron chi connectivity index (χ3n) is 6.65. The highest BCUT2D eigenvalue weighted by atomic mass is 16.1. The van der Waals surface area contributed by atoms with E-state index in [1.54, 1.807) is 0 Å². The Hall–Kier alpha value is -2.91. The molecule has 152 valence electrons. The van der Waals surface area contributed by atoms with Crippen LogP contribution >= 0.6 is 0 Å². The van der Waals surface area contributed by atoms with Crippen LogP contribution in [0, 0.1) is 0 Å². The summed E-state index contributed by atoms with van der Waals surface area (Å²) in [6.07, 6.45) is 6.28. The van der Waals surface area contributed by atoms with E-state index in [1.165, 1.54) is 30.4 Å². The Kier molecular flexibility index (Phi) is 5.37. The molecule has 5 rings (SSSR count). The van der Waals surface area contributed by atoms with Gasteiger partial charge in [0, 0.05) is 30.4 Å². The van der Waals surface area contributed by atoms with E-state index in [0.717, 1.165) is 48.8 Å². The molecule has 3 aromatic carbocycles. The molecule has 0 bridgehead atoms. The molecule has 1 amide bonds. The van der Waals surface area contributed by atoms with Gasteiger partial charge >= 0.3 is 0 Å². The van der Waals surface area contributed by atoms with Crippen molar-refractivity contribution in [3.63, 3.8) is 0 Å². The second kappa shape index (κ2) is 8.45. The van der Waals surface area contributed by atoms with E-state index >= 15 is 0 Å². The lowest BCUT2D eigenvalue weighted by Gasteiger charge is -2.36. The zero-order valence-electron chi connectivity index (χ0n) is 17.3. The minimum Gasteiger partial charge on any atom is -0.322 e. The van der Waals surface area contributed by atoms with Gasteiger partial charge < -0.3 is 5.32 Å². The van der Waals surface area contributed by atoms with Crippen LogP contribution in [-0.2, 0) is 12.8 Å². The Morgan fingerprint density at radius 2 is 1.57 bits per heavy atom. The topological polar surface area (TPSA) is 32.3 Å². The summed E-state index contributed by atoms with van der Waals surface area (Å²) in [6, 6.07) is 25.2. The average molecular weight is 397 g/mol. The largest absolute Gasteiger partial charge is 0.322 e. The van der Waals surface area contributed by atoms with E-state index in [0.29, 0.717) is 5.56 Å². The maximum Gasteiger partial charge on any atom is 0.256 e. The number of hydrogen-bond acceptors (Lipinski definition) is 2. The zero-order chi connectivity index (χ0) is 20.3. The summed E-state index contributed by atoms with van der Waals surface area (Å²) >= 11 is 0. The first-order chi connectivity index (χ1) is 14.8. The van der Waals surface area contributed by atoms with Crippen LogP contribution in [0.4, 0.5) is 5.69 Å². The van der Waals surface area contributed by atoms with Crippen molar-refractivity contribution in [1.82, 2.24) is 4.90 Å². The molecule has 3 nitrogen and oxygen atoms in total. The number of nitrogens with one attached hydrogen (secondary N) is 1. The Bertz CT molecular complexity index is 1040. The van der Waals surface area contributed by atoms with Gasteiger partial charge in [-0.15, -0.1) is 0 Å². The van der Waals surface area contributed by atoms with Crippen molar-refractivity contribution in [2.75, 3.05) is 18.4 Å². The number of carbonyl (C=O) groups is 1. The molecule has 1 N–H and O–H groups in total. The van der Waals surface area contributed by atoms with E-state index in [4.69, 9.17) is 0 Å². The highest BCUT2D eigenvalue weighted by Crippen LogP contribution is 2.29. The van der Waals surface area contributed by atoms with Crippen LogP contribution in [0.3, 0.4) is 0 Å². The number of carbonyl (C=O) groups excluding carboxylic acids is 1. The van der Waals surface area contributed by atoms with Gasteiger partial charge in [-0.1, -0.05) is 61.0 Å². The number of nitrogens with zero attached hydrogens (tertiary/aromatic N) is 1. The van der Waals surface area contributed by atoms with E-state index in [1.807, 2.05) is 54.6 Å². The summed E-state index contributed by atoms with van der Waals surface area (Å²) in [5, 5.41) is 3.14. The quantitative estimate of drug-likeness (QED) is 0.626. The van der Waals surface area contributed by atoms with Crippen molar-refractivity contribution in [3.8, 4) is 11.1 Å². The monoisotopic (exact) mass is 396 g/mol. The van der Waals surface area contributed by atoms with Crippen LogP contribution in [0.25, 0.3) is 11.1 Å². The van der Waals surface area contributed by atoms with Crippen molar-refractivity contribution < 1.29 is 4.79 Å². The highest BCUT2D eigenvalue weighted by Gasteiger charge is 2.26. The predicted molar refractivity (Wildman–Crippen MR) is 123 cm³/mol. The number of hydrogen-bond donors (Lipinski definition) is 1. The van der Waals surface area contributed by atoms with Crippen LogP contribution in [-0.4, -0.2) is 29.9 Å². The number of rotatable bonds is 4. The van der Waals surface area contributed by atoms with Crippen molar-refractivity contribution in [2.24, 2.45) is 0 Å². The minimum absolute atomic E-state index is 0.0564. The van der Waals surface area contributed by atoms with E-state index in [2.05, 4.69) is 28.4 Å². The van der Waals surface area contributed by atoms with Crippen molar-refractivity contribution in [3.05, 3.63) is 89.5 Å². The second-order valence-corrected chi connectivity index (χ2v) is 8.47. The zero-order valence-corrected chi connectivity index (χ0v) is 17.3. The number of amides is 1. The summed E-state index contributed by atoms with van der Waals surface area (Å²) in [6.45, 7) is 2.29. The molecule has 1 fully saturated rings. The average Bonchev–Trinajstić information content (AvgIpc) is 2.96. The van der Waals surface area contributed by atoms with E-state index in [9.17, 15) is 4.79 Å². The first-order valence-electron chi connectivity index (χ1n) is 11.1. The molecule has 1 aliphatic carbocycles. The van der Waals surface area contributed by atoms with E-state index < -0.39 is 0 Å². The van der Waals surface area contributed by atoms with Gasteiger partial charge in [-0.3, -0.25) is 9.69 Å². The lowest BCUT2D eigenvalue weighted by molar-refractivity contribution is 0.102. The SMILES string of the molecule is O=C(Nc1ccc2c(c1)CCN(C1CCC1)CC2)c1ccccc1-c1ccccc1. The third-order valence-corrected chi connectivity index (χ3v) is 6.65. The van der Waals surface area contributed by atoms with Gasteiger partial charge in [-0.05, 0) is 66.1 Å². The van der Waals surface area contributed by atoms with Crippen LogP contribution in [0.15, 0.2) is 72.8 Å². The third kappa shape index (κ3) is 3.90. The molecule has 3 heteroatoms. The summed E-state index contributed by atoms with van der Waals surface area (Å²) < 4.78 is 0. The Morgan fingerprint density at radius 3 is 2.33 bits per heavy atom. The van der Waals surface area contributed by atoms with Gasteiger partial charge in [0.1, 0.15) is 0 Å². The molecule has 1 heterocycles. The van der Waals surface area contributed by atoms with Crippen molar-refractivity contribution >= 4 is 11.6 Å². The fourth-order valence-corrected chi connectivity index (χ4v) is 4.69. The van der Waals surface area contributed by atoms with Gasteiger partial charge in [0.25, 0.3) is 5.91 Å². The fraction of sp³-hybridized carbons (Fsp3) is 0.296. The van der Waals surface area contributed by atoms with Gasteiger partial charge in [0.2, 0.25) is 0 Å². The summed E-state index contributed by atoms with van der Waals surface area (Å²) in [7, 11) is 0. The smallest absolute Gasteiger partial charge is 0.256 e. The van der Waals surface area contributed by atoms with Crippen LogP contribution in [0.1, 0.15) is 40.7 Å². The minimum atomic E-state index is -0.0564. The molecule has 0 atom stereocenters. The van der Waals surface area contributed by atoms with Crippen LogP contribution in [0.2, 0.25) is 0 Å². The lowest BCUT2D eigenvalue weighted by Crippen LogP contribution is -2.41. The standard InChI is InChI=1S/C27H28N2O/c30-27(26-12-5-4-11-25(26)21-7-2-1-3-8-21)28-23-14-13-20-15-17-29(24-9-6-10-24)18-16-22(20)19-23/h1-5,7-8,11-14,19,24H,6,9-10,15-18H2,(H,28,30). The molecule has 0 unspecified atom stereocenters. The number of anilines is 1. The molecule has 0 saturated heterocycles. The number of benzene rings is 3. The van der Waals surface area contributed by atoms with Crippen molar-refractivity contribution in [2.45, 2.75) is 38.1 Å². The Labute approximate surface area is 178 Å². The molecule has 2 aliphatic rings. The summed E-state index contributed by atoms with van der Waals surface area (Å²) in [5.41, 5.74) is 6.42. The first-order valence-corrected chi connectivity index (χ1v) is 11.1. The summed E-state index contributed by atoms with van der Waals surface area (Å²) in [4.78, 5) is 15.8. The molecule has 0 spiro atoms. The molecule has 30 heavy (non-hydrogen) atoms. The summed E-state index contributed by atoms with van der Waals surface area (Å²) in [5.74, 6) is -0.0564. The molecule has 1 aliphatic heterocycles. The normalized spacial score (nSPS) is 16.9. The molecule has 0 aromatic heterocycles. The molecule has 1 saturated carbocycles. The van der Waals surface area contributed by atoms with Crippen LogP contribution < -0.4 is 5.32 Å². The second-order valence-electron chi connectivity index (χ2n) is 8.47. The van der Waals surface area contributed by atoms with Crippen LogP contribution in [0.5, 0.6) is 0 Å². The number of fused-ring (bicyclic) bond motifs is 1. The molecular weight excluding hydrogens is 368 g/mol.